The summed E-state index contributed by atoms with van der Waals surface area (Å²) in [5.74, 6) is -1.04. The van der Waals surface area contributed by atoms with Gasteiger partial charge in [0.1, 0.15) is 0 Å². The van der Waals surface area contributed by atoms with E-state index in [1.54, 1.807) is 6.92 Å². The highest BCUT2D eigenvalue weighted by Crippen LogP contribution is 2.26. The van der Waals surface area contributed by atoms with Gasteiger partial charge in [-0.3, -0.25) is 0 Å². The van der Waals surface area contributed by atoms with Gasteiger partial charge in [0.2, 0.25) is 4.93 Å². The fourth-order valence-corrected chi connectivity index (χ4v) is 1.11. The van der Waals surface area contributed by atoms with Gasteiger partial charge in [-0.15, -0.1) is 0 Å². The zero-order valence-corrected chi connectivity index (χ0v) is 7.60. The van der Waals surface area contributed by atoms with E-state index in [-0.39, 0.29) is 0 Å². The molecule has 0 aromatic rings. The first kappa shape index (κ1) is 10.7. The van der Waals surface area contributed by atoms with Crippen molar-refractivity contribution in [1.29, 1.82) is 0 Å². The quantitative estimate of drug-likeness (QED) is 0.507. The van der Waals surface area contributed by atoms with Gasteiger partial charge < -0.3 is 14.0 Å². The lowest BCUT2D eigenvalue weighted by atomic mass is 10.4. The van der Waals surface area contributed by atoms with Crippen LogP contribution in [0.2, 0.25) is 0 Å². The van der Waals surface area contributed by atoms with Crippen molar-refractivity contribution < 1.29 is 18.8 Å². The van der Waals surface area contributed by atoms with Gasteiger partial charge in [-0.1, -0.05) is 0 Å². The number of carboxylic acids is 1. The van der Waals surface area contributed by atoms with Crippen LogP contribution in [0.1, 0.15) is 13.8 Å². The van der Waals surface area contributed by atoms with Crippen molar-refractivity contribution in [3.8, 4) is 0 Å². The molecule has 4 nitrogen and oxygen atoms in total. The summed E-state index contributed by atoms with van der Waals surface area (Å²) in [5.41, 5.74) is 0. The molecule has 0 aromatic heterocycles. The molecule has 5 heteroatoms. The summed E-state index contributed by atoms with van der Waals surface area (Å²) >= 11 is 0.790. The number of carbonyl (C=O) groups is 1. The standard InChI is InChI=1S/C6H12O4S/c1-4-10-6(2,5(7)8)11-9-3/h4H2,1-3H3,(H,7,8). The number of hydrogen-bond donors (Lipinski definition) is 1. The van der Waals surface area contributed by atoms with E-state index in [0.29, 0.717) is 6.61 Å². The van der Waals surface area contributed by atoms with E-state index < -0.39 is 10.9 Å². The topological polar surface area (TPSA) is 55.8 Å². The van der Waals surface area contributed by atoms with Crippen LogP contribution in [0, 0.1) is 0 Å². The van der Waals surface area contributed by atoms with Crippen LogP contribution in [0.15, 0.2) is 0 Å². The summed E-state index contributed by atoms with van der Waals surface area (Å²) in [6, 6.07) is 0. The molecule has 0 fully saturated rings. The number of rotatable bonds is 5. The van der Waals surface area contributed by atoms with Crippen LogP contribution in [0.4, 0.5) is 0 Å². The van der Waals surface area contributed by atoms with E-state index in [0.717, 1.165) is 12.0 Å². The summed E-state index contributed by atoms with van der Waals surface area (Å²) in [4.78, 5) is 9.29. The van der Waals surface area contributed by atoms with Gasteiger partial charge in [0.05, 0.1) is 7.11 Å². The highest BCUT2D eigenvalue weighted by Gasteiger charge is 2.35. The van der Waals surface area contributed by atoms with Gasteiger partial charge in [-0.05, 0) is 13.8 Å². The Morgan fingerprint density at radius 3 is 2.55 bits per heavy atom. The van der Waals surface area contributed by atoms with Crippen LogP contribution >= 0.6 is 12.0 Å². The zero-order chi connectivity index (χ0) is 8.91. The van der Waals surface area contributed by atoms with Gasteiger partial charge in [0.15, 0.2) is 0 Å². The zero-order valence-electron chi connectivity index (χ0n) is 6.79. The second-order valence-electron chi connectivity index (χ2n) is 1.93. The van der Waals surface area contributed by atoms with Gasteiger partial charge in [0, 0.05) is 18.6 Å². The van der Waals surface area contributed by atoms with E-state index in [4.69, 9.17) is 9.84 Å². The molecular formula is C6H12O4S. The largest absolute Gasteiger partial charge is 0.478 e. The minimum absolute atomic E-state index is 0.346. The molecule has 0 bridgehead atoms. The lowest BCUT2D eigenvalue weighted by Crippen LogP contribution is -2.34. The van der Waals surface area contributed by atoms with E-state index in [1.165, 1.54) is 14.0 Å². The van der Waals surface area contributed by atoms with Gasteiger partial charge in [-0.25, -0.2) is 4.79 Å². The Balaban J connectivity index is 4.13. The molecule has 0 amide bonds. The average Bonchev–Trinajstić information content (AvgIpc) is 1.88. The Bertz CT molecular complexity index is 131. The molecule has 1 atom stereocenters. The normalized spacial score (nSPS) is 15.9. The molecule has 0 rings (SSSR count). The third kappa shape index (κ3) is 3.09. The maximum Gasteiger partial charge on any atom is 0.348 e. The molecule has 0 radical (unpaired) electrons. The number of hydrogen-bond acceptors (Lipinski definition) is 4. The SMILES string of the molecule is CCOC(C)(SOC)C(=O)O. The molecule has 0 aliphatic rings. The molecule has 0 heterocycles. The van der Waals surface area contributed by atoms with Crippen LogP contribution in [-0.4, -0.2) is 29.7 Å². The lowest BCUT2D eigenvalue weighted by Gasteiger charge is -2.21. The smallest absolute Gasteiger partial charge is 0.348 e. The molecular weight excluding hydrogens is 168 g/mol. The lowest BCUT2D eigenvalue weighted by molar-refractivity contribution is -0.152. The Morgan fingerprint density at radius 2 is 2.27 bits per heavy atom. The Morgan fingerprint density at radius 1 is 1.73 bits per heavy atom. The second kappa shape index (κ2) is 4.58. The molecule has 0 aliphatic carbocycles. The highest BCUT2D eigenvalue weighted by molar-refractivity contribution is 7.96. The Kier molecular flexibility index (Phi) is 4.48. The summed E-state index contributed by atoms with van der Waals surface area (Å²) < 4.78 is 9.60. The summed E-state index contributed by atoms with van der Waals surface area (Å²) in [6.07, 6.45) is 0. The third-order valence-corrected chi connectivity index (χ3v) is 1.83. The van der Waals surface area contributed by atoms with E-state index in [9.17, 15) is 4.79 Å². The molecule has 11 heavy (non-hydrogen) atoms. The first-order chi connectivity index (χ1) is 5.06. The molecule has 0 aromatic carbocycles. The predicted octanol–water partition coefficient (Wildman–Crippen LogP) is 1.12. The first-order valence-electron chi connectivity index (χ1n) is 3.16. The van der Waals surface area contributed by atoms with Gasteiger partial charge in [-0.2, -0.15) is 0 Å². The van der Waals surface area contributed by atoms with Crippen molar-refractivity contribution >= 4 is 18.0 Å². The van der Waals surface area contributed by atoms with Crippen LogP contribution in [0.5, 0.6) is 0 Å². The molecule has 0 saturated carbocycles. The molecule has 0 spiro atoms. The van der Waals surface area contributed by atoms with Gasteiger partial charge in [0.25, 0.3) is 0 Å². The fourth-order valence-electron chi connectivity index (χ4n) is 0.556. The molecule has 1 N–H and O–H groups in total. The predicted molar refractivity (Wildman–Crippen MR) is 42.3 cm³/mol. The Labute approximate surface area is 70.1 Å². The van der Waals surface area contributed by atoms with Crippen molar-refractivity contribution in [2.24, 2.45) is 0 Å². The monoisotopic (exact) mass is 180 g/mol. The Hall–Kier alpha value is -0.260. The van der Waals surface area contributed by atoms with Crippen LogP contribution in [0.3, 0.4) is 0 Å². The van der Waals surface area contributed by atoms with Crippen LogP contribution < -0.4 is 0 Å². The minimum atomic E-state index is -1.29. The summed E-state index contributed by atoms with van der Waals surface area (Å²) in [5, 5.41) is 8.67. The van der Waals surface area contributed by atoms with Gasteiger partial charge >= 0.3 is 5.97 Å². The van der Waals surface area contributed by atoms with Crippen LogP contribution in [0.25, 0.3) is 0 Å². The van der Waals surface area contributed by atoms with E-state index >= 15 is 0 Å². The fraction of sp³-hybridized carbons (Fsp3) is 0.833. The number of ether oxygens (including phenoxy) is 1. The summed E-state index contributed by atoms with van der Waals surface area (Å²) in [7, 11) is 1.41. The van der Waals surface area contributed by atoms with Crippen molar-refractivity contribution in [3.05, 3.63) is 0 Å². The maximum atomic E-state index is 10.6. The minimum Gasteiger partial charge on any atom is -0.478 e. The maximum absolute atomic E-state index is 10.6. The molecule has 0 aliphatic heterocycles. The molecule has 66 valence electrons. The highest BCUT2D eigenvalue weighted by atomic mass is 32.2. The molecule has 0 saturated heterocycles. The van der Waals surface area contributed by atoms with Crippen molar-refractivity contribution in [2.75, 3.05) is 13.7 Å². The van der Waals surface area contributed by atoms with Crippen LogP contribution in [-0.2, 0) is 13.7 Å². The van der Waals surface area contributed by atoms with Crippen molar-refractivity contribution in [2.45, 2.75) is 18.8 Å². The van der Waals surface area contributed by atoms with Crippen molar-refractivity contribution in [3.63, 3.8) is 0 Å². The summed E-state index contributed by atoms with van der Waals surface area (Å²) in [6.45, 7) is 3.53. The van der Waals surface area contributed by atoms with E-state index in [2.05, 4.69) is 4.18 Å². The number of carboxylic acid groups (broad SMARTS) is 1. The molecule has 1 unspecified atom stereocenters. The number of aliphatic carboxylic acids is 1. The average molecular weight is 180 g/mol. The van der Waals surface area contributed by atoms with Crippen molar-refractivity contribution in [1.82, 2.24) is 0 Å². The van der Waals surface area contributed by atoms with E-state index in [1.807, 2.05) is 0 Å². The second-order valence-corrected chi connectivity index (χ2v) is 3.21. The third-order valence-electron chi connectivity index (χ3n) is 1.05. The first-order valence-corrected chi connectivity index (χ1v) is 3.90.